The first-order valence-corrected chi connectivity index (χ1v) is 5.32. The molecular weight excluding hydrogens is 194 g/mol. The molecule has 0 bridgehead atoms. The number of rotatable bonds is 3. The van der Waals surface area contributed by atoms with Crippen LogP contribution in [0.3, 0.4) is 0 Å². The second-order valence-corrected chi connectivity index (χ2v) is 4.74. The Morgan fingerprint density at radius 1 is 1.67 bits per heavy atom. The highest BCUT2D eigenvalue weighted by Gasteiger charge is 2.30. The van der Waals surface area contributed by atoms with E-state index in [4.69, 9.17) is 10.6 Å². The average Bonchev–Trinajstić information content (AvgIpc) is 2.11. The zero-order chi connectivity index (χ0) is 11.5. The first kappa shape index (κ1) is 12.4. The van der Waals surface area contributed by atoms with Crippen LogP contribution in [0.15, 0.2) is 0 Å². The zero-order valence-corrected chi connectivity index (χ0v) is 9.75. The van der Waals surface area contributed by atoms with Crippen molar-refractivity contribution in [2.45, 2.75) is 38.9 Å². The molecule has 0 aliphatic carbocycles. The number of hydrogen-bond donors (Lipinski definition) is 2. The van der Waals surface area contributed by atoms with Gasteiger partial charge >= 0.3 is 0 Å². The summed E-state index contributed by atoms with van der Waals surface area (Å²) in [5.74, 6) is 4.91. The molecule has 1 saturated heterocycles. The Kier molecular flexibility index (Phi) is 4.07. The number of carbonyl (C=O) groups is 1. The number of amides is 1. The third-order valence-corrected chi connectivity index (χ3v) is 2.46. The first-order valence-electron chi connectivity index (χ1n) is 5.32. The summed E-state index contributed by atoms with van der Waals surface area (Å²) in [6.45, 7) is 8.66. The highest BCUT2D eigenvalue weighted by molar-refractivity contribution is 5.75. The third-order valence-electron chi connectivity index (χ3n) is 2.46. The molecule has 0 saturated carbocycles. The topological polar surface area (TPSA) is 67.6 Å². The minimum Gasteiger partial charge on any atom is -0.370 e. The van der Waals surface area contributed by atoms with E-state index >= 15 is 0 Å². The van der Waals surface area contributed by atoms with E-state index in [1.165, 1.54) is 0 Å². The summed E-state index contributed by atoms with van der Waals surface area (Å²) in [5, 5.41) is 0. The molecule has 0 spiro atoms. The molecule has 15 heavy (non-hydrogen) atoms. The minimum atomic E-state index is -0.128. The molecule has 1 heterocycles. The van der Waals surface area contributed by atoms with Crippen LogP contribution in [-0.4, -0.2) is 42.1 Å². The SMILES string of the molecule is CC1CN(CCC(=O)NN)CC(C)(C)O1. The van der Waals surface area contributed by atoms with Crippen molar-refractivity contribution < 1.29 is 9.53 Å². The molecule has 0 aromatic carbocycles. The largest absolute Gasteiger partial charge is 0.370 e. The predicted molar refractivity (Wildman–Crippen MR) is 58.0 cm³/mol. The van der Waals surface area contributed by atoms with Crippen LogP contribution in [0.4, 0.5) is 0 Å². The zero-order valence-electron chi connectivity index (χ0n) is 9.75. The molecule has 1 aliphatic heterocycles. The summed E-state index contributed by atoms with van der Waals surface area (Å²) in [4.78, 5) is 13.2. The van der Waals surface area contributed by atoms with E-state index in [9.17, 15) is 4.79 Å². The van der Waals surface area contributed by atoms with Crippen molar-refractivity contribution in [3.8, 4) is 0 Å². The van der Waals surface area contributed by atoms with Gasteiger partial charge < -0.3 is 4.74 Å². The Labute approximate surface area is 90.9 Å². The van der Waals surface area contributed by atoms with E-state index in [-0.39, 0.29) is 17.6 Å². The van der Waals surface area contributed by atoms with E-state index in [1.54, 1.807) is 0 Å². The molecule has 1 aliphatic rings. The Bertz CT molecular complexity index is 231. The van der Waals surface area contributed by atoms with Crippen LogP contribution in [-0.2, 0) is 9.53 Å². The van der Waals surface area contributed by atoms with Gasteiger partial charge in [-0.15, -0.1) is 0 Å². The van der Waals surface area contributed by atoms with Gasteiger partial charge in [-0.1, -0.05) is 0 Å². The Morgan fingerprint density at radius 3 is 2.87 bits per heavy atom. The summed E-state index contributed by atoms with van der Waals surface area (Å²) >= 11 is 0. The number of carbonyl (C=O) groups excluding carboxylic acids is 1. The summed E-state index contributed by atoms with van der Waals surface area (Å²) in [6.07, 6.45) is 0.661. The molecular formula is C10H21N3O2. The Balaban J connectivity index is 2.38. The fourth-order valence-electron chi connectivity index (χ4n) is 2.09. The van der Waals surface area contributed by atoms with Crippen molar-refractivity contribution in [2.75, 3.05) is 19.6 Å². The molecule has 5 nitrogen and oxygen atoms in total. The van der Waals surface area contributed by atoms with E-state index in [2.05, 4.69) is 31.1 Å². The van der Waals surface area contributed by atoms with Crippen molar-refractivity contribution in [1.82, 2.24) is 10.3 Å². The summed E-state index contributed by atoms with van der Waals surface area (Å²) in [7, 11) is 0. The van der Waals surface area contributed by atoms with E-state index in [1.807, 2.05) is 0 Å². The number of morpholine rings is 1. The summed E-state index contributed by atoms with van der Waals surface area (Å²) < 4.78 is 5.77. The van der Waals surface area contributed by atoms with Gasteiger partial charge in [0.25, 0.3) is 0 Å². The lowest BCUT2D eigenvalue weighted by Gasteiger charge is -2.41. The number of hydrazine groups is 1. The van der Waals surface area contributed by atoms with Crippen LogP contribution in [0, 0.1) is 0 Å². The number of nitrogens with zero attached hydrogens (tertiary/aromatic N) is 1. The molecule has 1 rings (SSSR count). The van der Waals surface area contributed by atoms with Gasteiger partial charge in [-0.25, -0.2) is 5.84 Å². The maximum absolute atomic E-state index is 11.0. The lowest BCUT2D eigenvalue weighted by molar-refractivity contribution is -0.133. The standard InChI is InChI=1S/C10H21N3O2/c1-8-6-13(5-4-9(14)12-11)7-10(2,3)15-8/h8H,4-7,11H2,1-3H3,(H,12,14). The number of nitrogens with two attached hydrogens (primary N) is 1. The van der Waals surface area contributed by atoms with Crippen LogP contribution in [0.5, 0.6) is 0 Å². The molecule has 1 atom stereocenters. The van der Waals surface area contributed by atoms with Gasteiger partial charge in [0.15, 0.2) is 0 Å². The van der Waals surface area contributed by atoms with Gasteiger partial charge in [0, 0.05) is 26.1 Å². The Hall–Kier alpha value is -0.650. The first-order chi connectivity index (χ1) is 6.93. The number of ether oxygens (including phenoxy) is 1. The molecule has 0 aromatic rings. The lowest BCUT2D eigenvalue weighted by atomic mass is 10.1. The maximum Gasteiger partial charge on any atom is 0.235 e. The monoisotopic (exact) mass is 215 g/mol. The maximum atomic E-state index is 11.0. The van der Waals surface area contributed by atoms with Crippen molar-refractivity contribution in [3.63, 3.8) is 0 Å². The van der Waals surface area contributed by atoms with Crippen LogP contribution in [0.25, 0.3) is 0 Å². The number of hydrogen-bond acceptors (Lipinski definition) is 4. The smallest absolute Gasteiger partial charge is 0.235 e. The van der Waals surface area contributed by atoms with Crippen molar-refractivity contribution in [2.24, 2.45) is 5.84 Å². The van der Waals surface area contributed by atoms with Gasteiger partial charge in [0.1, 0.15) is 0 Å². The molecule has 1 fully saturated rings. The van der Waals surface area contributed by atoms with Crippen LogP contribution < -0.4 is 11.3 Å². The molecule has 5 heteroatoms. The normalized spacial score (nSPS) is 26.3. The highest BCUT2D eigenvalue weighted by atomic mass is 16.5. The van der Waals surface area contributed by atoms with E-state index < -0.39 is 0 Å². The van der Waals surface area contributed by atoms with Crippen LogP contribution >= 0.6 is 0 Å². The lowest BCUT2D eigenvalue weighted by Crippen LogP contribution is -2.52. The van der Waals surface area contributed by atoms with Crippen molar-refractivity contribution in [3.05, 3.63) is 0 Å². The molecule has 0 radical (unpaired) electrons. The fraction of sp³-hybridized carbons (Fsp3) is 0.900. The van der Waals surface area contributed by atoms with Gasteiger partial charge in [0.2, 0.25) is 5.91 Å². The molecule has 0 aromatic heterocycles. The fourth-order valence-corrected chi connectivity index (χ4v) is 2.09. The predicted octanol–water partition coefficient (Wildman–Crippen LogP) is -0.134. The minimum absolute atomic E-state index is 0.119. The van der Waals surface area contributed by atoms with Gasteiger partial charge in [-0.3, -0.25) is 15.1 Å². The second kappa shape index (κ2) is 4.92. The van der Waals surface area contributed by atoms with Gasteiger partial charge in [0.05, 0.1) is 11.7 Å². The van der Waals surface area contributed by atoms with Gasteiger partial charge in [-0.2, -0.15) is 0 Å². The number of nitrogens with one attached hydrogen (secondary N) is 1. The average molecular weight is 215 g/mol. The second-order valence-electron chi connectivity index (χ2n) is 4.74. The summed E-state index contributed by atoms with van der Waals surface area (Å²) in [5.41, 5.74) is 2.01. The quantitative estimate of drug-likeness (QED) is 0.391. The third kappa shape index (κ3) is 4.15. The summed E-state index contributed by atoms with van der Waals surface area (Å²) in [6, 6.07) is 0. The molecule has 88 valence electrons. The highest BCUT2D eigenvalue weighted by Crippen LogP contribution is 2.20. The molecule has 3 N–H and O–H groups in total. The van der Waals surface area contributed by atoms with E-state index in [0.717, 1.165) is 19.6 Å². The molecule has 1 amide bonds. The van der Waals surface area contributed by atoms with Crippen LogP contribution in [0.1, 0.15) is 27.2 Å². The molecule has 1 unspecified atom stereocenters. The van der Waals surface area contributed by atoms with Crippen molar-refractivity contribution in [1.29, 1.82) is 0 Å². The Morgan fingerprint density at radius 2 is 2.33 bits per heavy atom. The van der Waals surface area contributed by atoms with Gasteiger partial charge in [-0.05, 0) is 20.8 Å². The van der Waals surface area contributed by atoms with Crippen molar-refractivity contribution >= 4 is 5.91 Å². The van der Waals surface area contributed by atoms with E-state index in [0.29, 0.717) is 6.42 Å². The van der Waals surface area contributed by atoms with Crippen LogP contribution in [0.2, 0.25) is 0 Å².